The van der Waals surface area contributed by atoms with Gasteiger partial charge >= 0.3 is 6.09 Å². The van der Waals surface area contributed by atoms with E-state index in [1.54, 1.807) is 26.2 Å². The number of methoxy groups -OCH3 is 2. The summed E-state index contributed by atoms with van der Waals surface area (Å²) in [6.45, 7) is 7.44. The van der Waals surface area contributed by atoms with Gasteiger partial charge < -0.3 is 35.5 Å². The van der Waals surface area contributed by atoms with Gasteiger partial charge in [-0.05, 0) is 68.7 Å². The second-order valence-electron chi connectivity index (χ2n) is 10.0. The number of anilines is 1. The van der Waals surface area contributed by atoms with E-state index in [-0.39, 0.29) is 23.5 Å². The van der Waals surface area contributed by atoms with Crippen LogP contribution < -0.4 is 11.1 Å². The van der Waals surface area contributed by atoms with Crippen LogP contribution in [0.25, 0.3) is 0 Å². The number of amides is 2. The van der Waals surface area contributed by atoms with Crippen LogP contribution in [-0.2, 0) is 25.4 Å². The monoisotopic (exact) mass is 518 g/mol. The first kappa shape index (κ1) is 30.3. The summed E-state index contributed by atoms with van der Waals surface area (Å²) in [7, 11) is 3.09. The number of phenols is 1. The van der Waals surface area contributed by atoms with Gasteiger partial charge in [0.05, 0.1) is 18.3 Å². The molecule has 1 aliphatic heterocycles. The molecule has 5 N–H and O–H groups in total. The first-order chi connectivity index (χ1) is 17.4. The van der Waals surface area contributed by atoms with Crippen molar-refractivity contribution in [2.24, 2.45) is 17.6 Å². The van der Waals surface area contributed by atoms with Gasteiger partial charge in [0.1, 0.15) is 5.75 Å². The lowest BCUT2D eigenvalue weighted by Gasteiger charge is -2.30. The number of ether oxygens (including phenoxy) is 3. The molecule has 206 valence electrons. The number of fused-ring (bicyclic) bond motifs is 2. The fourth-order valence-corrected chi connectivity index (χ4v) is 4.83. The SMILES string of the molecule is CO[C@H]1C[C@H](C)Cc2cc(O)cc(c2)NC(=O)/C(C)=C\CC[C@H](OC)[C@H](OC(N)=O)/C(C)=C/[C@H](C)[C@H]1O. The summed E-state index contributed by atoms with van der Waals surface area (Å²) in [5.41, 5.74) is 7.92. The molecule has 1 aromatic rings. The van der Waals surface area contributed by atoms with Crippen LogP contribution in [0.3, 0.4) is 0 Å². The summed E-state index contributed by atoms with van der Waals surface area (Å²) in [5, 5.41) is 24.2. The molecule has 0 fully saturated rings. The molecule has 2 rings (SSSR count). The van der Waals surface area contributed by atoms with E-state index in [2.05, 4.69) is 5.32 Å². The molecular weight excluding hydrogens is 476 g/mol. The number of primary amides is 1. The highest BCUT2D eigenvalue weighted by Crippen LogP contribution is 2.27. The van der Waals surface area contributed by atoms with Crippen LogP contribution >= 0.6 is 0 Å². The standard InChI is InChI=1S/C28H42N2O7/c1-16-10-20-13-21(15-22(31)14-20)30-27(33)17(2)8-7-9-23(35-5)26(37-28(29)34)19(4)12-18(3)25(32)24(11-16)36-6/h8,12-16,18,23-26,31-32H,7,9-11H2,1-6H3,(H2,29,34)(H,30,33)/b17-8-,19-12+/t16-,18+,23+,24+,25-,26-/m1/s1. The lowest BCUT2D eigenvalue weighted by molar-refractivity contribution is -0.112. The van der Waals surface area contributed by atoms with Crippen LogP contribution in [0.2, 0.25) is 0 Å². The summed E-state index contributed by atoms with van der Waals surface area (Å²) < 4.78 is 16.7. The largest absolute Gasteiger partial charge is 0.508 e. The highest BCUT2D eigenvalue weighted by Gasteiger charge is 2.30. The van der Waals surface area contributed by atoms with E-state index in [4.69, 9.17) is 19.9 Å². The van der Waals surface area contributed by atoms with Crippen LogP contribution in [-0.4, -0.2) is 60.8 Å². The molecule has 0 aromatic heterocycles. The second kappa shape index (κ2) is 14.2. The molecule has 2 amide bonds. The summed E-state index contributed by atoms with van der Waals surface area (Å²) in [4.78, 5) is 24.4. The Morgan fingerprint density at radius 1 is 1.11 bits per heavy atom. The topological polar surface area (TPSA) is 140 Å². The number of nitrogens with one attached hydrogen (secondary N) is 1. The Hall–Kier alpha value is -2.88. The molecule has 9 nitrogen and oxygen atoms in total. The average Bonchev–Trinajstić information content (AvgIpc) is 2.82. The molecule has 1 heterocycles. The quantitative estimate of drug-likeness (QED) is 0.442. The number of aliphatic hydroxyl groups is 1. The van der Waals surface area contributed by atoms with Crippen molar-refractivity contribution in [1.29, 1.82) is 0 Å². The van der Waals surface area contributed by atoms with Crippen molar-refractivity contribution in [1.82, 2.24) is 0 Å². The van der Waals surface area contributed by atoms with Gasteiger partial charge in [0, 0.05) is 37.5 Å². The Kier molecular flexibility index (Phi) is 11.6. The number of allylic oxidation sites excluding steroid dienone is 1. The van der Waals surface area contributed by atoms with Crippen molar-refractivity contribution < 1.29 is 34.0 Å². The zero-order valence-corrected chi connectivity index (χ0v) is 22.7. The molecule has 37 heavy (non-hydrogen) atoms. The molecule has 0 saturated heterocycles. The number of hydrogen-bond acceptors (Lipinski definition) is 7. The highest BCUT2D eigenvalue weighted by atomic mass is 16.6. The van der Waals surface area contributed by atoms with E-state index in [1.807, 2.05) is 32.9 Å². The summed E-state index contributed by atoms with van der Waals surface area (Å²) in [6, 6.07) is 5.02. The second-order valence-corrected chi connectivity index (χ2v) is 10.0. The van der Waals surface area contributed by atoms with Crippen molar-refractivity contribution >= 4 is 17.7 Å². The van der Waals surface area contributed by atoms with Gasteiger partial charge in [-0.3, -0.25) is 4.79 Å². The average molecular weight is 519 g/mol. The zero-order chi connectivity index (χ0) is 27.7. The Balaban J connectivity index is 2.47. The van der Waals surface area contributed by atoms with Gasteiger partial charge in [-0.1, -0.05) is 26.0 Å². The third kappa shape index (κ3) is 9.18. The number of nitrogens with two attached hydrogens (primary N) is 1. The van der Waals surface area contributed by atoms with E-state index in [0.29, 0.717) is 42.5 Å². The number of benzene rings is 1. The number of phenolic OH excluding ortho intramolecular Hbond substituents is 1. The maximum atomic E-state index is 12.8. The van der Waals surface area contributed by atoms with E-state index in [9.17, 15) is 19.8 Å². The minimum Gasteiger partial charge on any atom is -0.508 e. The number of rotatable bonds is 3. The van der Waals surface area contributed by atoms with Crippen molar-refractivity contribution in [3.8, 4) is 5.75 Å². The lowest BCUT2D eigenvalue weighted by atomic mass is 9.88. The Labute approximate surface area is 219 Å². The van der Waals surface area contributed by atoms with Crippen molar-refractivity contribution in [2.45, 2.75) is 77.8 Å². The highest BCUT2D eigenvalue weighted by molar-refractivity contribution is 6.03. The first-order valence-corrected chi connectivity index (χ1v) is 12.6. The molecular formula is C28H42N2O7. The molecule has 9 heteroatoms. The number of carbonyl (C=O) groups excluding carboxylic acids is 2. The summed E-state index contributed by atoms with van der Waals surface area (Å²) in [5.74, 6) is -0.427. The normalized spacial score (nSPS) is 31.4. The van der Waals surface area contributed by atoms with Crippen molar-refractivity contribution in [3.05, 3.63) is 47.1 Å². The molecule has 6 atom stereocenters. The molecule has 0 spiro atoms. The fraction of sp³-hybridized carbons (Fsp3) is 0.571. The minimum absolute atomic E-state index is 0.0634. The summed E-state index contributed by atoms with van der Waals surface area (Å²) in [6.07, 6.45) is 2.29. The molecule has 1 aliphatic rings. The number of aromatic hydroxyl groups is 1. The molecule has 0 aliphatic carbocycles. The van der Waals surface area contributed by atoms with E-state index >= 15 is 0 Å². The van der Waals surface area contributed by atoms with E-state index in [1.165, 1.54) is 13.2 Å². The van der Waals surface area contributed by atoms with Crippen molar-refractivity contribution in [3.63, 3.8) is 0 Å². The zero-order valence-electron chi connectivity index (χ0n) is 22.7. The van der Waals surface area contributed by atoms with E-state index < -0.39 is 30.5 Å². The number of hydrogen-bond donors (Lipinski definition) is 4. The van der Waals surface area contributed by atoms with Gasteiger partial charge in [-0.25, -0.2) is 4.79 Å². The van der Waals surface area contributed by atoms with Crippen LogP contribution in [0.4, 0.5) is 10.5 Å². The lowest BCUT2D eigenvalue weighted by Crippen LogP contribution is -2.37. The fourth-order valence-electron chi connectivity index (χ4n) is 4.83. The first-order valence-electron chi connectivity index (χ1n) is 12.6. The molecule has 1 aromatic carbocycles. The van der Waals surface area contributed by atoms with Gasteiger partial charge in [-0.15, -0.1) is 0 Å². The van der Waals surface area contributed by atoms with Gasteiger partial charge in [-0.2, -0.15) is 0 Å². The van der Waals surface area contributed by atoms with Crippen LogP contribution in [0.5, 0.6) is 5.75 Å². The van der Waals surface area contributed by atoms with Crippen molar-refractivity contribution in [2.75, 3.05) is 19.5 Å². The Morgan fingerprint density at radius 3 is 2.41 bits per heavy atom. The Morgan fingerprint density at radius 2 is 1.78 bits per heavy atom. The van der Waals surface area contributed by atoms with Crippen LogP contribution in [0, 0.1) is 11.8 Å². The summed E-state index contributed by atoms with van der Waals surface area (Å²) >= 11 is 0. The van der Waals surface area contributed by atoms with Gasteiger partial charge in [0.25, 0.3) is 5.91 Å². The van der Waals surface area contributed by atoms with E-state index in [0.717, 1.165) is 5.56 Å². The smallest absolute Gasteiger partial charge is 0.405 e. The molecule has 0 saturated carbocycles. The third-order valence-corrected chi connectivity index (χ3v) is 6.79. The Bertz CT molecular complexity index is 991. The third-order valence-electron chi connectivity index (χ3n) is 6.79. The maximum Gasteiger partial charge on any atom is 0.405 e. The van der Waals surface area contributed by atoms with Crippen LogP contribution in [0.15, 0.2) is 41.5 Å². The predicted molar refractivity (Wildman–Crippen MR) is 142 cm³/mol. The van der Waals surface area contributed by atoms with Crippen LogP contribution in [0.1, 0.15) is 52.5 Å². The predicted octanol–water partition coefficient (Wildman–Crippen LogP) is 4.08. The number of aliphatic hydroxyl groups excluding tert-OH is 1. The maximum absolute atomic E-state index is 12.8. The molecule has 0 unspecified atom stereocenters. The van der Waals surface area contributed by atoms with Gasteiger partial charge in [0.15, 0.2) is 6.10 Å². The molecule has 2 bridgehead atoms. The minimum atomic E-state index is -0.925. The number of carbonyl (C=O) groups is 2. The van der Waals surface area contributed by atoms with Gasteiger partial charge in [0.2, 0.25) is 0 Å². The molecule has 0 radical (unpaired) electrons.